The van der Waals surface area contributed by atoms with Gasteiger partial charge < -0.3 is 39.3 Å². The SMILES string of the molecule is Cn1c(=O)n(C2CCC(=O)NC2=O)c2ccc(CN3CCC4(C3)CN(C(=O)CO[C@@H]3CCN(C(=O)[C@@H](NC(=O)c5cc6cc([C@@H](F)P(=O)(O)O)ccc6s5)C(C)(C)C)[C@@H]3C(=O)N3CCO[C@H](c5ccccc5)C3)C4)cc21. The molecule has 404 valence electrons. The molecule has 2 aromatic heterocycles. The molecule has 0 bridgehead atoms. The van der Waals surface area contributed by atoms with Crippen molar-refractivity contribution < 1.29 is 57.0 Å². The molecular weight excluding hydrogens is 1020 g/mol. The molecule has 10 rings (SSSR count). The molecule has 7 heterocycles. The number of halogens is 1. The first kappa shape index (κ1) is 53.3. The van der Waals surface area contributed by atoms with Crippen molar-refractivity contribution in [2.75, 3.05) is 59.0 Å². The van der Waals surface area contributed by atoms with Gasteiger partial charge in [0.15, 0.2) is 0 Å². The van der Waals surface area contributed by atoms with Crippen molar-refractivity contribution in [3.8, 4) is 0 Å². The zero-order chi connectivity index (χ0) is 54.0. The molecule has 23 heteroatoms. The van der Waals surface area contributed by atoms with Gasteiger partial charge in [0, 0.05) is 62.9 Å². The van der Waals surface area contributed by atoms with Crippen LogP contribution in [-0.4, -0.2) is 151 Å². The van der Waals surface area contributed by atoms with E-state index in [1.807, 2.05) is 48.5 Å². The Morgan fingerprint density at radius 2 is 1.71 bits per heavy atom. The fourth-order valence-corrected chi connectivity index (χ4v) is 13.0. The van der Waals surface area contributed by atoms with Crippen LogP contribution in [0, 0.1) is 10.8 Å². The largest absolute Gasteiger partial charge is 0.370 e. The van der Waals surface area contributed by atoms with E-state index in [2.05, 4.69) is 15.5 Å². The van der Waals surface area contributed by atoms with E-state index in [1.54, 1.807) is 37.6 Å². The van der Waals surface area contributed by atoms with Crippen molar-refractivity contribution in [2.24, 2.45) is 17.9 Å². The summed E-state index contributed by atoms with van der Waals surface area (Å²) in [6.07, 6.45) is 0.257. The number of morpholine rings is 1. The van der Waals surface area contributed by atoms with Crippen LogP contribution >= 0.6 is 18.9 Å². The summed E-state index contributed by atoms with van der Waals surface area (Å²) < 4.78 is 42.3. The highest BCUT2D eigenvalue weighted by molar-refractivity contribution is 7.51. The number of nitrogens with one attached hydrogen (secondary N) is 2. The molecule has 0 saturated carbocycles. The molecular formula is C53H62FN8O12PS. The number of likely N-dealkylation sites (tertiary alicyclic amines) is 3. The Bertz CT molecular complexity index is 3240. The van der Waals surface area contributed by atoms with E-state index < -0.39 is 67.0 Å². The molecule has 0 radical (unpaired) electrons. The van der Waals surface area contributed by atoms with Crippen LogP contribution in [0.5, 0.6) is 0 Å². The van der Waals surface area contributed by atoms with Crippen LogP contribution in [0.1, 0.15) is 90.9 Å². The third-order valence-corrected chi connectivity index (χ3v) is 17.6. The number of fused-ring (bicyclic) bond motifs is 2. The summed E-state index contributed by atoms with van der Waals surface area (Å²) >= 11 is 1.07. The fraction of sp³-hybridized carbons (Fsp3) is 0.491. The average Bonchev–Trinajstić information content (AvgIpc) is 4.20. The van der Waals surface area contributed by atoms with Gasteiger partial charge in [-0.2, -0.15) is 0 Å². The van der Waals surface area contributed by atoms with Crippen molar-refractivity contribution in [2.45, 2.75) is 89.2 Å². The number of carbonyl (C=O) groups is 6. The molecule has 1 spiro atoms. The number of carbonyl (C=O) groups excluding carboxylic acids is 6. The van der Waals surface area contributed by atoms with Gasteiger partial charge >= 0.3 is 13.3 Å². The zero-order valence-electron chi connectivity index (χ0n) is 42.7. The summed E-state index contributed by atoms with van der Waals surface area (Å²) in [6.45, 7) is 9.13. The lowest BCUT2D eigenvalue weighted by atomic mass is 9.79. The Kier molecular flexibility index (Phi) is 14.5. The molecule has 3 aromatic carbocycles. The molecule has 6 amide bonds. The second-order valence-electron chi connectivity index (χ2n) is 22.0. The lowest BCUT2D eigenvalue weighted by Crippen LogP contribution is -2.61. The molecule has 4 N–H and O–H groups in total. The average molecular weight is 1090 g/mol. The maximum atomic E-state index is 15.0. The number of aryl methyl sites for hydroxylation is 1. The Balaban J connectivity index is 0.805. The Morgan fingerprint density at radius 3 is 2.43 bits per heavy atom. The van der Waals surface area contributed by atoms with Crippen LogP contribution < -0.4 is 16.3 Å². The normalized spacial score (nSPS) is 23.0. The number of hydrogen-bond acceptors (Lipinski definition) is 12. The zero-order valence-corrected chi connectivity index (χ0v) is 44.4. The number of aromatic nitrogens is 2. The quantitative estimate of drug-likeness (QED) is 0.0959. The van der Waals surface area contributed by atoms with E-state index in [9.17, 15) is 52.3 Å². The third-order valence-electron chi connectivity index (χ3n) is 15.6. The van der Waals surface area contributed by atoms with Crippen molar-refractivity contribution in [1.29, 1.82) is 0 Å². The first-order valence-electron chi connectivity index (χ1n) is 25.5. The minimum absolute atomic E-state index is 0.107. The van der Waals surface area contributed by atoms with Crippen LogP contribution in [0.3, 0.4) is 0 Å². The van der Waals surface area contributed by atoms with Gasteiger partial charge in [-0.3, -0.25) is 52.7 Å². The smallest absolute Gasteiger partial charge is 0.363 e. The van der Waals surface area contributed by atoms with Gasteiger partial charge in [0.2, 0.25) is 35.4 Å². The summed E-state index contributed by atoms with van der Waals surface area (Å²) in [5, 5.41) is 5.64. The third kappa shape index (κ3) is 10.5. The molecule has 6 atom stereocenters. The predicted octanol–water partition coefficient (Wildman–Crippen LogP) is 4.14. The van der Waals surface area contributed by atoms with Gasteiger partial charge in [-0.05, 0) is 83.6 Å². The maximum absolute atomic E-state index is 15.0. The molecule has 5 aliphatic heterocycles. The number of benzene rings is 3. The summed E-state index contributed by atoms with van der Waals surface area (Å²) in [6, 6.07) is 17.7. The molecule has 76 heavy (non-hydrogen) atoms. The van der Waals surface area contributed by atoms with Gasteiger partial charge in [0.05, 0.1) is 35.2 Å². The molecule has 5 aliphatic rings. The van der Waals surface area contributed by atoms with Crippen LogP contribution in [0.4, 0.5) is 4.39 Å². The Labute approximate surface area is 441 Å². The molecule has 5 saturated heterocycles. The minimum Gasteiger partial charge on any atom is -0.370 e. The van der Waals surface area contributed by atoms with Crippen molar-refractivity contribution in [3.05, 3.63) is 105 Å². The number of imidazole rings is 1. The Morgan fingerprint density at radius 1 is 0.947 bits per heavy atom. The summed E-state index contributed by atoms with van der Waals surface area (Å²) in [5.41, 5.74) is 1.64. The summed E-state index contributed by atoms with van der Waals surface area (Å²) in [4.78, 5) is 122. The number of nitrogens with zero attached hydrogens (tertiary/aromatic N) is 6. The second kappa shape index (κ2) is 20.7. The Hall–Kier alpha value is -6.13. The van der Waals surface area contributed by atoms with E-state index in [1.165, 1.54) is 38.3 Å². The molecule has 5 aromatic rings. The fourth-order valence-electron chi connectivity index (χ4n) is 11.5. The highest BCUT2D eigenvalue weighted by atomic mass is 32.1. The van der Waals surface area contributed by atoms with Crippen molar-refractivity contribution >= 4 is 75.5 Å². The topological polar surface area (TPSA) is 242 Å². The van der Waals surface area contributed by atoms with Gasteiger partial charge in [-0.25, -0.2) is 9.18 Å². The van der Waals surface area contributed by atoms with E-state index in [4.69, 9.17) is 9.47 Å². The number of ether oxygens (including phenoxy) is 2. The number of hydrogen-bond donors (Lipinski definition) is 4. The number of thiophene rings is 1. The van der Waals surface area contributed by atoms with Gasteiger partial charge in [0.1, 0.15) is 30.8 Å². The van der Waals surface area contributed by atoms with Crippen LogP contribution in [0.2, 0.25) is 0 Å². The van der Waals surface area contributed by atoms with Crippen molar-refractivity contribution in [3.63, 3.8) is 0 Å². The second-order valence-corrected chi connectivity index (χ2v) is 24.7. The first-order chi connectivity index (χ1) is 36.1. The molecule has 0 aliphatic carbocycles. The highest BCUT2D eigenvalue weighted by Crippen LogP contribution is 2.53. The van der Waals surface area contributed by atoms with E-state index in [0.717, 1.165) is 42.0 Å². The van der Waals surface area contributed by atoms with E-state index >= 15 is 0 Å². The van der Waals surface area contributed by atoms with E-state index in [0.29, 0.717) is 40.8 Å². The van der Waals surface area contributed by atoms with Crippen LogP contribution in [0.15, 0.2) is 77.6 Å². The number of rotatable bonds is 13. The standard InChI is InChI=1S/C53H62FN8O12PS/c1-52(2,3)45(56-48(66)41-24-34-23-33(11-14-40(34)76-41)46(54)75(70,71)72)50(68)61-18-16-38(44(61)49(67)59-20-21-73-39(26-59)32-8-6-5-7-9-32)74-27-43(64)60-29-53(30-60)17-19-58(28-53)25-31-10-12-35-37(22-31)57(4)51(69)62(35)36-13-15-42(63)55-47(36)65/h5-12,14,22-24,36,38-39,44-46H,13,15-21,25-30H2,1-4H3,(H,56,66)(H,55,63,65)(H2,70,71,72)/t36?,38-,39+,44+,45-,46+/m1/s1. The highest BCUT2D eigenvalue weighted by Gasteiger charge is 2.51. The summed E-state index contributed by atoms with van der Waals surface area (Å²) in [7, 11) is -3.41. The number of amides is 6. The minimum atomic E-state index is -5.08. The number of alkyl halides is 1. The number of piperidine rings is 1. The summed E-state index contributed by atoms with van der Waals surface area (Å²) in [5.74, 6) is -5.09. The van der Waals surface area contributed by atoms with Gasteiger partial charge in [-0.15, -0.1) is 11.3 Å². The van der Waals surface area contributed by atoms with Crippen LogP contribution in [0.25, 0.3) is 21.1 Å². The monoisotopic (exact) mass is 1080 g/mol. The number of imide groups is 1. The first-order valence-corrected chi connectivity index (χ1v) is 28.0. The van der Waals surface area contributed by atoms with Crippen LogP contribution in [-0.2, 0) is 51.6 Å². The predicted molar refractivity (Wildman–Crippen MR) is 278 cm³/mol. The molecule has 5 fully saturated rings. The van der Waals surface area contributed by atoms with Crippen molar-refractivity contribution in [1.82, 2.24) is 39.4 Å². The van der Waals surface area contributed by atoms with Gasteiger partial charge in [0.25, 0.3) is 5.91 Å². The van der Waals surface area contributed by atoms with E-state index in [-0.39, 0.29) is 91.4 Å². The lowest BCUT2D eigenvalue weighted by molar-refractivity contribution is -0.158. The van der Waals surface area contributed by atoms with Gasteiger partial charge in [-0.1, -0.05) is 63.2 Å². The lowest BCUT2D eigenvalue weighted by Gasteiger charge is -2.48. The maximum Gasteiger partial charge on any atom is 0.363 e. The molecule has 20 nitrogen and oxygen atoms in total. The molecule has 1 unspecified atom stereocenters.